The van der Waals surface area contributed by atoms with Gasteiger partial charge in [-0.15, -0.1) is 11.3 Å². The summed E-state index contributed by atoms with van der Waals surface area (Å²) in [6.07, 6.45) is 3.03. The molecule has 0 spiro atoms. The van der Waals surface area contributed by atoms with Gasteiger partial charge in [0.25, 0.3) is 0 Å². The molecule has 2 aromatic rings. The molecule has 4 nitrogen and oxygen atoms in total. The first-order valence-electron chi connectivity index (χ1n) is 10.3. The van der Waals surface area contributed by atoms with E-state index in [1.807, 2.05) is 6.08 Å². The SMILES string of the molecule is CC1=C(Cc2ccc(-c3ccc(F)cc3)s2)CC([C@@H]2O[C@H](CO)C[C@H](O)[C@H]2O)C=C1. The zero-order valence-corrected chi connectivity index (χ0v) is 17.7. The Balaban J connectivity index is 1.47. The van der Waals surface area contributed by atoms with Gasteiger partial charge in [-0.25, -0.2) is 4.39 Å². The number of thiophene rings is 1. The molecule has 160 valence electrons. The maximum atomic E-state index is 13.2. The molecule has 2 aliphatic rings. The predicted molar refractivity (Wildman–Crippen MR) is 116 cm³/mol. The van der Waals surface area contributed by atoms with E-state index >= 15 is 0 Å². The highest BCUT2D eigenvalue weighted by molar-refractivity contribution is 7.15. The lowest BCUT2D eigenvalue weighted by Gasteiger charge is -2.40. The van der Waals surface area contributed by atoms with Gasteiger partial charge in [-0.05, 0) is 43.2 Å². The lowest BCUT2D eigenvalue weighted by atomic mass is 9.80. The van der Waals surface area contributed by atoms with Crippen LogP contribution >= 0.6 is 11.3 Å². The Morgan fingerprint density at radius 2 is 1.90 bits per heavy atom. The third-order valence-electron chi connectivity index (χ3n) is 6.02. The minimum Gasteiger partial charge on any atom is -0.394 e. The molecule has 30 heavy (non-hydrogen) atoms. The molecule has 1 aliphatic carbocycles. The molecule has 3 N–H and O–H groups in total. The van der Waals surface area contributed by atoms with Crippen molar-refractivity contribution in [2.24, 2.45) is 5.92 Å². The van der Waals surface area contributed by atoms with Crippen LogP contribution in [0.3, 0.4) is 0 Å². The average molecular weight is 431 g/mol. The number of aliphatic hydroxyl groups is 3. The molecule has 0 bridgehead atoms. The van der Waals surface area contributed by atoms with E-state index in [9.17, 15) is 19.7 Å². The molecule has 1 unspecified atom stereocenters. The maximum absolute atomic E-state index is 13.2. The van der Waals surface area contributed by atoms with Gasteiger partial charge in [0.1, 0.15) is 11.9 Å². The second kappa shape index (κ2) is 9.12. The van der Waals surface area contributed by atoms with E-state index in [1.54, 1.807) is 23.5 Å². The van der Waals surface area contributed by atoms with Gasteiger partial charge in [-0.1, -0.05) is 35.4 Å². The van der Waals surface area contributed by atoms with Gasteiger partial charge in [0, 0.05) is 28.5 Å². The van der Waals surface area contributed by atoms with Gasteiger partial charge in [0.2, 0.25) is 0 Å². The zero-order valence-electron chi connectivity index (χ0n) is 16.9. The van der Waals surface area contributed by atoms with Gasteiger partial charge >= 0.3 is 0 Å². The Morgan fingerprint density at radius 1 is 1.13 bits per heavy atom. The summed E-state index contributed by atoms with van der Waals surface area (Å²) in [5.74, 6) is -0.295. The Bertz CT molecular complexity index is 933. The Hall–Kier alpha value is -1.83. The summed E-state index contributed by atoms with van der Waals surface area (Å²) in [7, 11) is 0. The van der Waals surface area contributed by atoms with E-state index in [-0.39, 0.29) is 24.8 Å². The minimum atomic E-state index is -0.964. The Labute approximate surface area is 180 Å². The summed E-state index contributed by atoms with van der Waals surface area (Å²) in [6.45, 7) is 1.92. The van der Waals surface area contributed by atoms with Crippen LogP contribution in [0, 0.1) is 11.7 Å². The van der Waals surface area contributed by atoms with Crippen LogP contribution in [0.15, 0.2) is 59.7 Å². The highest BCUT2D eigenvalue weighted by Crippen LogP contribution is 2.36. The van der Waals surface area contributed by atoms with Crippen molar-refractivity contribution in [3.05, 3.63) is 70.4 Å². The van der Waals surface area contributed by atoms with Gasteiger partial charge in [0.15, 0.2) is 0 Å². The van der Waals surface area contributed by atoms with Crippen LogP contribution < -0.4 is 0 Å². The number of allylic oxidation sites excluding steroid dienone is 3. The molecule has 1 fully saturated rings. The van der Waals surface area contributed by atoms with Crippen molar-refractivity contribution in [2.75, 3.05) is 6.61 Å². The number of ether oxygens (including phenoxy) is 1. The molecular formula is C24H27FO4S. The summed E-state index contributed by atoms with van der Waals surface area (Å²) < 4.78 is 19.1. The molecule has 2 heterocycles. The molecular weight excluding hydrogens is 403 g/mol. The van der Waals surface area contributed by atoms with Crippen LogP contribution in [0.5, 0.6) is 0 Å². The lowest BCUT2D eigenvalue weighted by molar-refractivity contribution is -0.188. The van der Waals surface area contributed by atoms with Crippen molar-refractivity contribution < 1.29 is 24.4 Å². The standard InChI is InChI=1S/C24H27FO4S/c1-14-2-3-16(24-23(28)21(27)12-19(13-26)29-24)10-17(14)11-20-8-9-22(30-20)15-4-6-18(25)7-5-15/h2-9,16,19,21,23-24,26-28H,10-13H2,1H3/t16?,19-,21-,23+,24-/m0/s1. The minimum absolute atomic E-state index is 0.0563. The first-order chi connectivity index (χ1) is 14.4. The number of rotatable bonds is 5. The van der Waals surface area contributed by atoms with Gasteiger partial charge in [-0.2, -0.15) is 0 Å². The Kier molecular flexibility index (Phi) is 6.51. The third-order valence-corrected chi connectivity index (χ3v) is 7.16. The van der Waals surface area contributed by atoms with Crippen molar-refractivity contribution in [1.29, 1.82) is 0 Å². The monoisotopic (exact) mass is 430 g/mol. The fourth-order valence-electron chi connectivity index (χ4n) is 4.25. The fraction of sp³-hybridized carbons (Fsp3) is 0.417. The van der Waals surface area contributed by atoms with Crippen LogP contribution in [-0.4, -0.2) is 46.3 Å². The number of hydrogen-bond acceptors (Lipinski definition) is 5. The summed E-state index contributed by atoms with van der Waals surface area (Å²) in [6, 6.07) is 10.7. The zero-order chi connectivity index (χ0) is 21.3. The van der Waals surface area contributed by atoms with Crippen LogP contribution in [-0.2, 0) is 11.2 Å². The van der Waals surface area contributed by atoms with Crippen LogP contribution in [0.2, 0.25) is 0 Å². The van der Waals surface area contributed by atoms with Crippen molar-refractivity contribution in [3.63, 3.8) is 0 Å². The molecule has 1 aromatic carbocycles. The quantitative estimate of drug-likeness (QED) is 0.674. The fourth-order valence-corrected chi connectivity index (χ4v) is 5.30. The van der Waals surface area contributed by atoms with Gasteiger partial charge in [-0.3, -0.25) is 0 Å². The summed E-state index contributed by atoms with van der Waals surface area (Å²) in [4.78, 5) is 2.32. The van der Waals surface area contributed by atoms with E-state index in [1.165, 1.54) is 28.2 Å². The van der Waals surface area contributed by atoms with Crippen molar-refractivity contribution >= 4 is 11.3 Å². The molecule has 5 atom stereocenters. The molecule has 0 radical (unpaired) electrons. The third kappa shape index (κ3) is 4.58. The summed E-state index contributed by atoms with van der Waals surface area (Å²) in [5, 5.41) is 30.1. The second-order valence-corrected chi connectivity index (χ2v) is 9.33. The van der Waals surface area contributed by atoms with E-state index in [0.717, 1.165) is 23.3 Å². The highest BCUT2D eigenvalue weighted by atomic mass is 32.1. The highest BCUT2D eigenvalue weighted by Gasteiger charge is 2.40. The largest absolute Gasteiger partial charge is 0.394 e. The van der Waals surface area contributed by atoms with E-state index in [0.29, 0.717) is 0 Å². The Morgan fingerprint density at radius 3 is 2.63 bits per heavy atom. The maximum Gasteiger partial charge on any atom is 0.123 e. The molecule has 6 heteroatoms. The second-order valence-electron chi connectivity index (χ2n) is 8.16. The molecule has 1 aliphatic heterocycles. The topological polar surface area (TPSA) is 69.9 Å². The lowest BCUT2D eigenvalue weighted by Crippen LogP contribution is -2.52. The van der Waals surface area contributed by atoms with Crippen LogP contribution in [0.1, 0.15) is 24.6 Å². The molecule has 0 amide bonds. The smallest absolute Gasteiger partial charge is 0.123 e. The molecule has 4 rings (SSSR count). The first-order valence-corrected chi connectivity index (χ1v) is 11.1. The van der Waals surface area contributed by atoms with E-state index < -0.39 is 24.4 Å². The average Bonchev–Trinajstić information content (AvgIpc) is 3.20. The number of halogens is 1. The van der Waals surface area contributed by atoms with Crippen molar-refractivity contribution in [1.82, 2.24) is 0 Å². The van der Waals surface area contributed by atoms with E-state index in [2.05, 4.69) is 25.1 Å². The summed E-state index contributed by atoms with van der Waals surface area (Å²) in [5.41, 5.74) is 3.47. The van der Waals surface area contributed by atoms with E-state index in [4.69, 9.17) is 4.74 Å². The molecule has 1 saturated heterocycles. The van der Waals surface area contributed by atoms with Crippen molar-refractivity contribution in [2.45, 2.75) is 50.6 Å². The normalized spacial score (nSPS) is 29.4. The number of aliphatic hydroxyl groups excluding tert-OH is 3. The van der Waals surface area contributed by atoms with Crippen molar-refractivity contribution in [3.8, 4) is 10.4 Å². The van der Waals surface area contributed by atoms with Gasteiger partial charge < -0.3 is 20.1 Å². The number of benzene rings is 1. The predicted octanol–water partition coefficient (Wildman–Crippen LogP) is 3.86. The first kappa shape index (κ1) is 21.4. The summed E-state index contributed by atoms with van der Waals surface area (Å²) >= 11 is 1.69. The number of hydrogen-bond donors (Lipinski definition) is 3. The van der Waals surface area contributed by atoms with Crippen LogP contribution in [0.25, 0.3) is 10.4 Å². The van der Waals surface area contributed by atoms with Gasteiger partial charge in [0.05, 0.1) is 24.9 Å². The van der Waals surface area contributed by atoms with Crippen LogP contribution in [0.4, 0.5) is 4.39 Å². The molecule has 0 saturated carbocycles. The molecule has 1 aromatic heterocycles.